The van der Waals surface area contributed by atoms with E-state index in [1.807, 2.05) is 14.0 Å². The molecule has 0 aromatic heterocycles. The Morgan fingerprint density at radius 1 is 1.19 bits per heavy atom. The van der Waals surface area contributed by atoms with Crippen LogP contribution in [0.4, 0.5) is 5.69 Å². The smallest absolute Gasteiger partial charge is 0.191 e. The molecular formula is C23H40IN5OS. The normalized spacial score (nSPS) is 24.7. The first-order valence-electron chi connectivity index (χ1n) is 11.5. The van der Waals surface area contributed by atoms with Crippen LogP contribution in [0, 0.1) is 0 Å². The van der Waals surface area contributed by atoms with E-state index < -0.39 is 10.8 Å². The van der Waals surface area contributed by atoms with Crippen molar-refractivity contribution in [2.45, 2.75) is 56.9 Å². The number of guanidine groups is 1. The van der Waals surface area contributed by atoms with Crippen LogP contribution in [0.25, 0.3) is 0 Å². The van der Waals surface area contributed by atoms with Crippen molar-refractivity contribution in [1.29, 1.82) is 0 Å². The maximum atomic E-state index is 12.2. The second-order valence-electron chi connectivity index (χ2n) is 8.46. The van der Waals surface area contributed by atoms with Gasteiger partial charge in [-0.15, -0.1) is 24.0 Å². The molecule has 2 fully saturated rings. The molecule has 0 amide bonds. The summed E-state index contributed by atoms with van der Waals surface area (Å²) in [6.45, 7) is 9.49. The second kappa shape index (κ2) is 13.6. The topological polar surface area (TPSA) is 60.0 Å². The quantitative estimate of drug-likeness (QED) is 0.305. The molecule has 176 valence electrons. The fraction of sp³-hybridized carbons (Fsp3) is 0.696. The summed E-state index contributed by atoms with van der Waals surface area (Å²) in [4.78, 5) is 9.46. The van der Waals surface area contributed by atoms with E-state index in [1.165, 1.54) is 5.69 Å². The van der Waals surface area contributed by atoms with Crippen LogP contribution >= 0.6 is 24.0 Å². The summed E-state index contributed by atoms with van der Waals surface area (Å²) < 4.78 is 12.2. The third-order valence-corrected chi connectivity index (χ3v) is 8.21. The van der Waals surface area contributed by atoms with Crippen molar-refractivity contribution in [3.63, 3.8) is 0 Å². The Bertz CT molecular complexity index is 696. The van der Waals surface area contributed by atoms with Gasteiger partial charge in [0.05, 0.1) is 0 Å². The van der Waals surface area contributed by atoms with Gasteiger partial charge in [-0.1, -0.05) is 31.5 Å². The molecule has 0 radical (unpaired) electrons. The number of benzene rings is 1. The van der Waals surface area contributed by atoms with Gasteiger partial charge in [-0.05, 0) is 38.3 Å². The average molecular weight is 562 g/mol. The van der Waals surface area contributed by atoms with Crippen LogP contribution in [0.3, 0.4) is 0 Å². The van der Waals surface area contributed by atoms with Gasteiger partial charge in [0.1, 0.15) is 0 Å². The Morgan fingerprint density at radius 2 is 1.90 bits per heavy atom. The summed E-state index contributed by atoms with van der Waals surface area (Å²) in [5.41, 5.74) is 1.32. The highest BCUT2D eigenvalue weighted by molar-refractivity contribution is 14.0. The highest BCUT2D eigenvalue weighted by Crippen LogP contribution is 2.23. The molecule has 1 aromatic carbocycles. The molecule has 1 aliphatic heterocycles. The van der Waals surface area contributed by atoms with E-state index in [4.69, 9.17) is 0 Å². The largest absolute Gasteiger partial charge is 0.369 e. The Kier molecular flexibility index (Phi) is 11.6. The van der Waals surface area contributed by atoms with Crippen LogP contribution in [0.1, 0.15) is 39.5 Å². The van der Waals surface area contributed by atoms with E-state index in [0.29, 0.717) is 17.3 Å². The Balaban J connectivity index is 0.00000341. The van der Waals surface area contributed by atoms with E-state index in [1.54, 1.807) is 0 Å². The minimum Gasteiger partial charge on any atom is -0.369 e. The number of hydrogen-bond donors (Lipinski definition) is 2. The van der Waals surface area contributed by atoms with Gasteiger partial charge >= 0.3 is 0 Å². The van der Waals surface area contributed by atoms with E-state index in [-0.39, 0.29) is 24.0 Å². The van der Waals surface area contributed by atoms with Crippen molar-refractivity contribution >= 4 is 46.4 Å². The lowest BCUT2D eigenvalue weighted by molar-refractivity contribution is 0.197. The van der Waals surface area contributed by atoms with Crippen molar-refractivity contribution in [3.8, 4) is 0 Å². The molecule has 3 rings (SSSR count). The van der Waals surface area contributed by atoms with Gasteiger partial charge in [0, 0.05) is 79.3 Å². The van der Waals surface area contributed by atoms with Gasteiger partial charge in [0.2, 0.25) is 0 Å². The number of halogens is 1. The second-order valence-corrected chi connectivity index (χ2v) is 10.5. The fourth-order valence-electron chi connectivity index (χ4n) is 4.57. The fourth-order valence-corrected chi connectivity index (χ4v) is 5.92. The van der Waals surface area contributed by atoms with Crippen molar-refractivity contribution in [2.75, 3.05) is 50.4 Å². The number of nitrogens with one attached hydrogen (secondary N) is 2. The lowest BCUT2D eigenvalue weighted by atomic mass is 9.95. The van der Waals surface area contributed by atoms with Gasteiger partial charge in [-0.2, -0.15) is 0 Å². The van der Waals surface area contributed by atoms with Crippen LogP contribution < -0.4 is 15.5 Å². The number of para-hydroxylation sites is 1. The molecule has 1 saturated carbocycles. The number of aliphatic imine (C=N–C) groups is 1. The first-order valence-corrected chi connectivity index (χ1v) is 12.9. The van der Waals surface area contributed by atoms with Gasteiger partial charge in [0.15, 0.2) is 5.96 Å². The zero-order valence-corrected chi connectivity index (χ0v) is 22.4. The molecule has 0 bridgehead atoms. The highest BCUT2D eigenvalue weighted by atomic mass is 127. The van der Waals surface area contributed by atoms with Crippen LogP contribution in [0.2, 0.25) is 0 Å². The first kappa shape index (κ1) is 26.4. The predicted molar refractivity (Wildman–Crippen MR) is 144 cm³/mol. The Labute approximate surface area is 208 Å². The zero-order valence-electron chi connectivity index (χ0n) is 19.3. The Hall–Kier alpha value is -0.870. The van der Waals surface area contributed by atoms with E-state index in [9.17, 15) is 4.21 Å². The van der Waals surface area contributed by atoms with Gasteiger partial charge < -0.3 is 15.5 Å². The Morgan fingerprint density at radius 3 is 2.55 bits per heavy atom. The number of hydrogen-bond acceptors (Lipinski definition) is 4. The molecule has 1 aliphatic carbocycles. The van der Waals surface area contributed by atoms with E-state index in [2.05, 4.69) is 62.7 Å². The molecule has 0 spiro atoms. The van der Waals surface area contributed by atoms with Gasteiger partial charge in [0.25, 0.3) is 0 Å². The minimum absolute atomic E-state index is 0. The summed E-state index contributed by atoms with van der Waals surface area (Å²) in [6.07, 6.45) is 4.36. The predicted octanol–water partition coefficient (Wildman–Crippen LogP) is 3.06. The van der Waals surface area contributed by atoms with E-state index >= 15 is 0 Å². The minimum atomic E-state index is -0.693. The summed E-state index contributed by atoms with van der Waals surface area (Å²) in [6, 6.07) is 11.5. The average Bonchev–Trinajstić information content (AvgIpc) is 2.81. The molecule has 4 atom stereocenters. The monoisotopic (exact) mass is 561 g/mol. The summed E-state index contributed by atoms with van der Waals surface area (Å²) >= 11 is 0. The molecular weight excluding hydrogens is 521 g/mol. The molecule has 8 heteroatoms. The zero-order chi connectivity index (χ0) is 21.3. The maximum Gasteiger partial charge on any atom is 0.191 e. The molecule has 1 saturated heterocycles. The third-order valence-electron chi connectivity index (χ3n) is 6.47. The van der Waals surface area contributed by atoms with Crippen LogP contribution in [-0.4, -0.2) is 77.9 Å². The highest BCUT2D eigenvalue weighted by Gasteiger charge is 2.26. The number of piperazine rings is 1. The van der Waals surface area contributed by atoms with Crippen LogP contribution in [0.5, 0.6) is 0 Å². The lowest BCUT2D eigenvalue weighted by Gasteiger charge is -2.39. The van der Waals surface area contributed by atoms with Gasteiger partial charge in [-0.25, -0.2) is 0 Å². The summed E-state index contributed by atoms with van der Waals surface area (Å²) in [5.74, 6) is 1.64. The first-order chi connectivity index (χ1) is 14.6. The molecule has 6 nitrogen and oxygen atoms in total. The standard InChI is InChI=1S/C23H39N5OS.HI/c1-4-30(29)22-12-8-9-20(17-22)26-23(24-3)25-18-19(2)27-13-15-28(16-14-27)21-10-6-5-7-11-21;/h5-7,10-11,19-20,22H,4,8-9,12-18H2,1-3H3,(H2,24,25,26);1H. The van der Waals surface area contributed by atoms with Crippen molar-refractivity contribution < 1.29 is 4.21 Å². The van der Waals surface area contributed by atoms with E-state index in [0.717, 1.165) is 70.1 Å². The molecule has 1 heterocycles. The van der Waals surface area contributed by atoms with Crippen LogP contribution in [-0.2, 0) is 10.8 Å². The van der Waals surface area contributed by atoms with Crippen molar-refractivity contribution in [3.05, 3.63) is 30.3 Å². The number of nitrogens with zero attached hydrogens (tertiary/aromatic N) is 3. The number of rotatable bonds is 7. The summed E-state index contributed by atoms with van der Waals surface area (Å²) in [5, 5.41) is 7.43. The molecule has 2 N–H and O–H groups in total. The molecule has 2 aliphatic rings. The molecule has 1 aromatic rings. The van der Waals surface area contributed by atoms with Crippen LogP contribution in [0.15, 0.2) is 35.3 Å². The molecule has 4 unspecified atom stereocenters. The van der Waals surface area contributed by atoms with Crippen molar-refractivity contribution in [2.24, 2.45) is 4.99 Å². The molecule has 31 heavy (non-hydrogen) atoms. The maximum absolute atomic E-state index is 12.2. The SMILES string of the molecule is CCS(=O)C1CCCC(NC(=NC)NCC(C)N2CCN(c3ccccc3)CC2)C1.I. The summed E-state index contributed by atoms with van der Waals surface area (Å²) in [7, 11) is 1.14. The number of anilines is 1. The third kappa shape index (κ3) is 7.89. The van der Waals surface area contributed by atoms with Gasteiger partial charge in [-0.3, -0.25) is 14.1 Å². The lowest BCUT2D eigenvalue weighted by Crippen LogP contribution is -2.54. The van der Waals surface area contributed by atoms with Crippen molar-refractivity contribution in [1.82, 2.24) is 15.5 Å².